The van der Waals surface area contributed by atoms with Crippen LogP contribution in [0.15, 0.2) is 30.3 Å². The van der Waals surface area contributed by atoms with Crippen molar-refractivity contribution in [3.05, 3.63) is 46.7 Å². The first-order valence-electron chi connectivity index (χ1n) is 7.17. The van der Waals surface area contributed by atoms with E-state index in [4.69, 9.17) is 11.6 Å². The minimum Gasteiger partial charge on any atom is -0.348 e. The van der Waals surface area contributed by atoms with E-state index in [0.717, 1.165) is 6.42 Å². The fraction of sp³-hybridized carbons (Fsp3) is 0.312. The van der Waals surface area contributed by atoms with Gasteiger partial charge in [0, 0.05) is 11.7 Å². The van der Waals surface area contributed by atoms with Gasteiger partial charge in [0.2, 0.25) is 5.95 Å². The summed E-state index contributed by atoms with van der Waals surface area (Å²) in [6, 6.07) is 9.07. The second-order valence-corrected chi connectivity index (χ2v) is 5.51. The molecule has 1 unspecified atom stereocenters. The van der Waals surface area contributed by atoms with Gasteiger partial charge in [-0.25, -0.2) is 9.97 Å². The zero-order valence-corrected chi connectivity index (χ0v) is 13.6. The van der Waals surface area contributed by atoms with Crippen molar-refractivity contribution >= 4 is 29.1 Å². The van der Waals surface area contributed by atoms with Gasteiger partial charge >= 0.3 is 0 Å². The summed E-state index contributed by atoms with van der Waals surface area (Å²) in [5, 5.41) is 6.50. The van der Waals surface area contributed by atoms with Crippen molar-refractivity contribution in [2.45, 2.75) is 33.2 Å². The van der Waals surface area contributed by atoms with E-state index in [1.807, 2.05) is 39.0 Å². The van der Waals surface area contributed by atoms with Crippen molar-refractivity contribution in [2.24, 2.45) is 0 Å². The Labute approximate surface area is 135 Å². The molecular formula is C16H19ClN4O. The highest BCUT2D eigenvalue weighted by molar-refractivity contribution is 6.33. The molecule has 0 bridgehead atoms. The largest absolute Gasteiger partial charge is 0.348 e. The second-order valence-electron chi connectivity index (χ2n) is 5.11. The highest BCUT2D eigenvalue weighted by Gasteiger charge is 2.13. The Balaban J connectivity index is 2.23. The third-order valence-electron chi connectivity index (χ3n) is 3.20. The summed E-state index contributed by atoms with van der Waals surface area (Å²) in [5.74, 6) is 0.143. The van der Waals surface area contributed by atoms with Crippen LogP contribution in [0.4, 0.5) is 11.6 Å². The van der Waals surface area contributed by atoms with Crippen molar-refractivity contribution in [3.8, 4) is 0 Å². The number of para-hydroxylation sites is 1. The van der Waals surface area contributed by atoms with Crippen LogP contribution in [0.1, 0.15) is 36.5 Å². The average molecular weight is 319 g/mol. The molecule has 0 aliphatic heterocycles. The van der Waals surface area contributed by atoms with Gasteiger partial charge in [-0.3, -0.25) is 4.79 Å². The molecular weight excluding hydrogens is 300 g/mol. The molecule has 0 fully saturated rings. The summed E-state index contributed by atoms with van der Waals surface area (Å²) in [4.78, 5) is 20.7. The first-order valence-corrected chi connectivity index (χ1v) is 7.55. The number of aryl methyl sites for hydroxylation is 1. The predicted octanol–water partition coefficient (Wildman–Crippen LogP) is 3.71. The third-order valence-corrected chi connectivity index (χ3v) is 3.53. The van der Waals surface area contributed by atoms with Crippen LogP contribution in [-0.4, -0.2) is 21.9 Å². The highest BCUT2D eigenvalue weighted by Crippen LogP contribution is 2.23. The summed E-state index contributed by atoms with van der Waals surface area (Å²) in [7, 11) is 0. The lowest BCUT2D eigenvalue weighted by Gasteiger charge is -2.12. The Morgan fingerprint density at radius 1 is 1.32 bits per heavy atom. The van der Waals surface area contributed by atoms with Crippen molar-refractivity contribution in [3.63, 3.8) is 0 Å². The number of carbonyl (C=O) groups excluding carboxylic acids is 1. The Morgan fingerprint density at radius 3 is 2.73 bits per heavy atom. The molecule has 0 spiro atoms. The monoisotopic (exact) mass is 318 g/mol. The van der Waals surface area contributed by atoms with Crippen LogP contribution in [0, 0.1) is 6.92 Å². The summed E-state index contributed by atoms with van der Waals surface area (Å²) in [5.41, 5.74) is 1.74. The van der Waals surface area contributed by atoms with E-state index in [0.29, 0.717) is 28.0 Å². The molecule has 1 heterocycles. The second kappa shape index (κ2) is 7.22. The molecule has 1 atom stereocenters. The molecule has 1 aromatic heterocycles. The van der Waals surface area contributed by atoms with Crippen LogP contribution in [0.25, 0.3) is 0 Å². The summed E-state index contributed by atoms with van der Waals surface area (Å²) in [6.45, 7) is 5.79. The number of anilines is 2. The molecule has 0 saturated heterocycles. The van der Waals surface area contributed by atoms with E-state index in [-0.39, 0.29) is 11.9 Å². The Kier molecular flexibility index (Phi) is 5.33. The van der Waals surface area contributed by atoms with Crippen molar-refractivity contribution in [2.75, 3.05) is 5.32 Å². The van der Waals surface area contributed by atoms with Crippen molar-refractivity contribution in [1.29, 1.82) is 0 Å². The molecule has 5 nitrogen and oxygen atoms in total. The van der Waals surface area contributed by atoms with Gasteiger partial charge in [-0.15, -0.1) is 0 Å². The quantitative estimate of drug-likeness (QED) is 0.882. The summed E-state index contributed by atoms with van der Waals surface area (Å²) >= 11 is 6.11. The molecule has 22 heavy (non-hydrogen) atoms. The molecule has 6 heteroatoms. The number of nitrogens with zero attached hydrogens (tertiary/aromatic N) is 2. The minimum atomic E-state index is -0.206. The van der Waals surface area contributed by atoms with Crippen LogP contribution >= 0.6 is 11.6 Å². The number of rotatable bonds is 5. The van der Waals surface area contributed by atoms with Gasteiger partial charge in [-0.1, -0.05) is 30.7 Å². The van der Waals surface area contributed by atoms with Gasteiger partial charge in [-0.05, 0) is 38.5 Å². The van der Waals surface area contributed by atoms with Gasteiger partial charge in [-0.2, -0.15) is 0 Å². The topological polar surface area (TPSA) is 66.9 Å². The molecule has 2 aromatic rings. The maximum Gasteiger partial charge on any atom is 0.270 e. The zero-order valence-electron chi connectivity index (χ0n) is 12.9. The van der Waals surface area contributed by atoms with Crippen LogP contribution in [0.2, 0.25) is 5.02 Å². The molecule has 2 N–H and O–H groups in total. The van der Waals surface area contributed by atoms with Crippen LogP contribution in [-0.2, 0) is 0 Å². The summed E-state index contributed by atoms with van der Waals surface area (Å²) in [6.07, 6.45) is 0.862. The smallest absolute Gasteiger partial charge is 0.270 e. The van der Waals surface area contributed by atoms with Crippen molar-refractivity contribution < 1.29 is 4.79 Å². The van der Waals surface area contributed by atoms with Gasteiger partial charge in [0.1, 0.15) is 5.69 Å². The Hall–Kier alpha value is -2.14. The van der Waals surface area contributed by atoms with E-state index in [1.165, 1.54) is 0 Å². The van der Waals surface area contributed by atoms with E-state index in [2.05, 4.69) is 20.6 Å². The Bertz CT molecular complexity index is 675. The van der Waals surface area contributed by atoms with Gasteiger partial charge in [0.25, 0.3) is 5.91 Å². The van der Waals surface area contributed by atoms with Crippen LogP contribution in [0.3, 0.4) is 0 Å². The summed E-state index contributed by atoms with van der Waals surface area (Å²) < 4.78 is 0. The molecule has 0 saturated carbocycles. The molecule has 2 rings (SSSR count). The Morgan fingerprint density at radius 2 is 2.05 bits per heavy atom. The van der Waals surface area contributed by atoms with Crippen LogP contribution < -0.4 is 10.6 Å². The molecule has 1 amide bonds. The number of halogens is 1. The lowest BCUT2D eigenvalue weighted by Crippen LogP contribution is -2.32. The lowest BCUT2D eigenvalue weighted by atomic mass is 10.2. The maximum absolute atomic E-state index is 12.2. The number of hydrogen-bond donors (Lipinski definition) is 2. The molecule has 0 aliphatic carbocycles. The minimum absolute atomic E-state index is 0.0998. The highest BCUT2D eigenvalue weighted by atomic mass is 35.5. The average Bonchev–Trinajstić information content (AvgIpc) is 2.49. The van der Waals surface area contributed by atoms with E-state index < -0.39 is 0 Å². The first-order chi connectivity index (χ1) is 10.5. The standard InChI is InChI=1S/C16H19ClN4O/c1-4-10(2)18-15(22)14-9-11(3)19-16(21-14)20-13-8-6-5-7-12(13)17/h5-10H,4H2,1-3H3,(H,18,22)(H,19,20,21). The zero-order chi connectivity index (χ0) is 16.1. The predicted molar refractivity (Wildman–Crippen MR) is 88.7 cm³/mol. The third kappa shape index (κ3) is 4.18. The number of nitrogens with one attached hydrogen (secondary N) is 2. The molecule has 0 aliphatic rings. The van der Waals surface area contributed by atoms with Gasteiger partial charge < -0.3 is 10.6 Å². The lowest BCUT2D eigenvalue weighted by molar-refractivity contribution is 0.0934. The van der Waals surface area contributed by atoms with Gasteiger partial charge in [0.05, 0.1) is 10.7 Å². The van der Waals surface area contributed by atoms with Gasteiger partial charge in [0.15, 0.2) is 0 Å². The number of hydrogen-bond acceptors (Lipinski definition) is 4. The molecule has 116 valence electrons. The number of carbonyl (C=O) groups is 1. The maximum atomic E-state index is 12.2. The fourth-order valence-corrected chi connectivity index (χ4v) is 2.01. The van der Waals surface area contributed by atoms with Crippen LogP contribution in [0.5, 0.6) is 0 Å². The molecule has 1 aromatic carbocycles. The first kappa shape index (κ1) is 16.2. The SMILES string of the molecule is CCC(C)NC(=O)c1cc(C)nc(Nc2ccccc2Cl)n1. The van der Waals surface area contributed by atoms with Crippen molar-refractivity contribution in [1.82, 2.24) is 15.3 Å². The molecule has 0 radical (unpaired) electrons. The van der Waals surface area contributed by atoms with E-state index in [1.54, 1.807) is 12.1 Å². The number of benzene rings is 1. The van der Waals surface area contributed by atoms with E-state index in [9.17, 15) is 4.79 Å². The number of amides is 1. The number of aromatic nitrogens is 2. The normalized spacial score (nSPS) is 11.8. The van der Waals surface area contributed by atoms with E-state index >= 15 is 0 Å². The fourth-order valence-electron chi connectivity index (χ4n) is 1.82.